The van der Waals surface area contributed by atoms with Crippen molar-refractivity contribution in [3.63, 3.8) is 0 Å². The fourth-order valence-corrected chi connectivity index (χ4v) is 9.80. The largest absolute Gasteiger partial charge is 0.492 e. The maximum Gasteiger partial charge on any atom is 0.413 e. The van der Waals surface area contributed by atoms with E-state index < -0.39 is 23.6 Å². The van der Waals surface area contributed by atoms with Gasteiger partial charge in [-0.1, -0.05) is 90.1 Å². The molecule has 414 valence electrons. The Morgan fingerprint density at radius 1 is 0.741 bits per heavy atom. The monoisotopic (exact) mass is 1110 g/mol. The van der Waals surface area contributed by atoms with Gasteiger partial charge in [0.1, 0.15) is 54.1 Å². The molecule has 0 saturated heterocycles. The van der Waals surface area contributed by atoms with Crippen molar-refractivity contribution >= 4 is 70.0 Å². The van der Waals surface area contributed by atoms with E-state index in [2.05, 4.69) is 28.3 Å². The SMILES string of the molecule is CCOCc1nc2c(NC(=O)OCc3ccc(OC(=O)CCCCC(=O)N4Cc5ccccc5-c5c(nnn5CCOc5ccc(C(=O)Oc6ccc(CS)cc6)cc5)-c5ccccc54)cc3)nc3ccccc3c2n1CC(C)(C)O. The first-order valence-corrected chi connectivity index (χ1v) is 27.3. The van der Waals surface area contributed by atoms with Crippen molar-refractivity contribution in [3.8, 4) is 39.8 Å². The van der Waals surface area contributed by atoms with Crippen LogP contribution in [0.1, 0.15) is 79.3 Å². The summed E-state index contributed by atoms with van der Waals surface area (Å²) in [6.45, 7) is 7.08. The molecule has 0 spiro atoms. The van der Waals surface area contributed by atoms with E-state index in [9.17, 15) is 24.3 Å². The number of fused-ring (bicyclic) bond motifs is 8. The van der Waals surface area contributed by atoms with Gasteiger partial charge in [-0.25, -0.2) is 24.2 Å². The normalized spacial score (nSPS) is 12.0. The van der Waals surface area contributed by atoms with Gasteiger partial charge in [0.25, 0.3) is 0 Å². The Hall–Kier alpha value is -8.91. The van der Waals surface area contributed by atoms with Crippen molar-refractivity contribution in [1.29, 1.82) is 0 Å². The lowest BCUT2D eigenvalue weighted by molar-refractivity contribution is -0.134. The first-order chi connectivity index (χ1) is 39.3. The second kappa shape index (κ2) is 25.0. The number of ether oxygens (including phenoxy) is 5. The zero-order chi connectivity index (χ0) is 56.5. The van der Waals surface area contributed by atoms with Crippen LogP contribution >= 0.6 is 12.6 Å². The summed E-state index contributed by atoms with van der Waals surface area (Å²) in [4.78, 5) is 64.6. The molecule has 0 fully saturated rings. The van der Waals surface area contributed by atoms with Gasteiger partial charge in [-0.3, -0.25) is 14.9 Å². The Morgan fingerprint density at radius 2 is 1.42 bits per heavy atom. The first kappa shape index (κ1) is 55.4. The molecule has 0 bridgehead atoms. The Balaban J connectivity index is 0.714. The molecule has 2 amide bonds. The lowest BCUT2D eigenvalue weighted by Gasteiger charge is -2.28. The average molecular weight is 1110 g/mol. The minimum Gasteiger partial charge on any atom is -0.492 e. The topological polar surface area (TPSA) is 211 Å². The highest BCUT2D eigenvalue weighted by Crippen LogP contribution is 2.41. The molecule has 1 aliphatic heterocycles. The van der Waals surface area contributed by atoms with Gasteiger partial charge in [0.05, 0.1) is 53.2 Å². The van der Waals surface area contributed by atoms with Crippen LogP contribution in [-0.4, -0.2) is 77.4 Å². The number of esters is 2. The van der Waals surface area contributed by atoms with Gasteiger partial charge in [-0.15, -0.1) is 5.10 Å². The molecule has 10 rings (SSSR count). The molecule has 81 heavy (non-hydrogen) atoms. The number of amides is 2. The van der Waals surface area contributed by atoms with E-state index in [0.29, 0.717) is 100 Å². The number of rotatable bonds is 21. The number of aromatic nitrogens is 6. The summed E-state index contributed by atoms with van der Waals surface area (Å²) in [5.74, 6) is 1.71. The summed E-state index contributed by atoms with van der Waals surface area (Å²) in [7, 11) is 0. The number of thiol groups is 1. The summed E-state index contributed by atoms with van der Waals surface area (Å²) in [6.07, 6.45) is 0.416. The highest BCUT2D eigenvalue weighted by atomic mass is 32.1. The van der Waals surface area contributed by atoms with E-state index >= 15 is 0 Å². The van der Waals surface area contributed by atoms with Crippen molar-refractivity contribution in [3.05, 3.63) is 174 Å². The average Bonchev–Trinajstić information content (AvgIpc) is 3.82. The molecular weight excluding hydrogens is 1050 g/mol. The van der Waals surface area contributed by atoms with Crippen LogP contribution in [0.2, 0.25) is 0 Å². The molecule has 3 aromatic heterocycles. The number of aliphatic hydroxyl groups is 1. The van der Waals surface area contributed by atoms with Crippen LogP contribution in [0, 0.1) is 0 Å². The van der Waals surface area contributed by atoms with Gasteiger partial charge < -0.3 is 38.3 Å². The number of carbonyl (C=O) groups excluding carboxylic acids is 4. The van der Waals surface area contributed by atoms with E-state index in [1.807, 2.05) is 101 Å². The third kappa shape index (κ3) is 13.2. The minimum absolute atomic E-state index is 0.0772. The van der Waals surface area contributed by atoms with Crippen LogP contribution in [-0.2, 0) is 57.7 Å². The third-order valence-electron chi connectivity index (χ3n) is 13.5. The van der Waals surface area contributed by atoms with Crippen LogP contribution in [0.25, 0.3) is 44.5 Å². The van der Waals surface area contributed by atoms with E-state index in [-0.39, 0.29) is 50.9 Å². The van der Waals surface area contributed by atoms with Gasteiger partial charge in [-0.05, 0) is 111 Å². The Labute approximate surface area is 473 Å². The van der Waals surface area contributed by atoms with E-state index in [4.69, 9.17) is 33.7 Å². The van der Waals surface area contributed by atoms with Crippen LogP contribution in [0.4, 0.5) is 16.3 Å². The van der Waals surface area contributed by atoms with Crippen molar-refractivity contribution < 1.29 is 48.0 Å². The van der Waals surface area contributed by atoms with Crippen LogP contribution < -0.4 is 24.4 Å². The number of benzene rings is 6. The van der Waals surface area contributed by atoms with Crippen molar-refractivity contribution in [2.24, 2.45) is 0 Å². The number of nitrogens with zero attached hydrogens (tertiary/aromatic N) is 7. The summed E-state index contributed by atoms with van der Waals surface area (Å²) >= 11 is 4.27. The molecule has 18 nitrogen and oxygen atoms in total. The van der Waals surface area contributed by atoms with Crippen LogP contribution in [0.5, 0.6) is 17.2 Å². The van der Waals surface area contributed by atoms with Crippen LogP contribution in [0.15, 0.2) is 146 Å². The zero-order valence-electron chi connectivity index (χ0n) is 45.0. The van der Waals surface area contributed by atoms with E-state index in [1.165, 1.54) is 0 Å². The minimum atomic E-state index is -1.07. The lowest BCUT2D eigenvalue weighted by Crippen LogP contribution is -2.31. The van der Waals surface area contributed by atoms with Crippen molar-refractivity contribution in [2.75, 3.05) is 23.4 Å². The molecule has 2 N–H and O–H groups in total. The van der Waals surface area contributed by atoms with Gasteiger partial charge in [0, 0.05) is 41.7 Å². The lowest BCUT2D eigenvalue weighted by atomic mass is 9.95. The highest BCUT2D eigenvalue weighted by Gasteiger charge is 2.30. The molecule has 4 heterocycles. The molecule has 19 heteroatoms. The number of pyridine rings is 1. The fourth-order valence-electron chi connectivity index (χ4n) is 9.59. The smallest absolute Gasteiger partial charge is 0.413 e. The summed E-state index contributed by atoms with van der Waals surface area (Å²) in [5.41, 5.74) is 7.45. The Morgan fingerprint density at radius 3 is 2.17 bits per heavy atom. The van der Waals surface area contributed by atoms with E-state index in [0.717, 1.165) is 33.3 Å². The first-order valence-electron chi connectivity index (χ1n) is 26.7. The number of para-hydroxylation sites is 2. The maximum absolute atomic E-state index is 14.2. The Kier molecular flexibility index (Phi) is 17.1. The van der Waals surface area contributed by atoms with Crippen molar-refractivity contribution in [2.45, 2.75) is 90.7 Å². The third-order valence-corrected chi connectivity index (χ3v) is 13.8. The van der Waals surface area contributed by atoms with Crippen LogP contribution in [0.3, 0.4) is 0 Å². The predicted molar refractivity (Wildman–Crippen MR) is 309 cm³/mol. The maximum atomic E-state index is 14.2. The van der Waals surface area contributed by atoms with Gasteiger partial charge in [-0.2, -0.15) is 12.6 Å². The molecule has 0 radical (unpaired) electrons. The Bertz CT molecular complexity index is 3730. The van der Waals surface area contributed by atoms with E-state index in [1.54, 1.807) is 79.4 Å². The number of unbranched alkanes of at least 4 members (excludes halogenated alkanes) is 1. The summed E-state index contributed by atoms with van der Waals surface area (Å²) in [6, 6.07) is 43.7. The summed E-state index contributed by atoms with van der Waals surface area (Å²) < 4.78 is 32.3. The van der Waals surface area contributed by atoms with Gasteiger partial charge in [0.15, 0.2) is 5.82 Å². The van der Waals surface area contributed by atoms with Crippen molar-refractivity contribution in [1.82, 2.24) is 29.5 Å². The van der Waals surface area contributed by atoms with Gasteiger partial charge in [0.2, 0.25) is 5.91 Å². The zero-order valence-corrected chi connectivity index (χ0v) is 45.9. The molecule has 0 unspecified atom stereocenters. The summed E-state index contributed by atoms with van der Waals surface area (Å²) in [5, 5.41) is 23.6. The quantitative estimate of drug-likeness (QED) is 0.0264. The molecule has 1 aliphatic rings. The second-order valence-electron chi connectivity index (χ2n) is 20.0. The predicted octanol–water partition coefficient (Wildman–Crippen LogP) is 11.3. The number of imidazole rings is 1. The van der Waals surface area contributed by atoms with Gasteiger partial charge >= 0.3 is 18.0 Å². The standard InChI is InChI=1S/C62H60N8O10S/c1-4-76-37-52-64-56-57(69(52)39-62(2,3)75)48-15-7-9-17-50(48)63-59(56)65-61(74)78-36-40-21-27-45(28-22-40)79-54(72)20-12-11-19-53(71)68-35-43-13-5-6-14-47(43)58-55(49-16-8-10-18-51(49)68)66-67-70(58)33-34-77-44-31-25-42(26-32-44)60(73)80-46-29-23-41(38-81)24-30-46/h5-10,13-18,21-32,75,81H,4,11-12,19-20,33-39H2,1-3H3,(H,63,65,74). The molecule has 6 aromatic carbocycles. The number of hydrogen-bond acceptors (Lipinski definition) is 15. The molecule has 9 aromatic rings. The molecular formula is C62H60N8O10S. The second-order valence-corrected chi connectivity index (χ2v) is 20.3. The highest BCUT2D eigenvalue weighted by molar-refractivity contribution is 7.79. The number of carbonyl (C=O) groups is 4. The number of hydrogen-bond donors (Lipinski definition) is 3. The molecule has 0 atom stereocenters. The molecule has 0 aliphatic carbocycles. The molecule has 0 saturated carbocycles. The number of anilines is 2. The number of nitrogens with one attached hydrogen (secondary N) is 1. The fraction of sp³-hybridized carbons (Fsp3) is 0.258.